The Morgan fingerprint density at radius 2 is 2.15 bits per heavy atom. The van der Waals surface area contributed by atoms with Crippen molar-refractivity contribution in [3.63, 3.8) is 0 Å². The van der Waals surface area contributed by atoms with Crippen LogP contribution in [0, 0.1) is 12.7 Å². The number of amides is 1. The number of anilines is 1. The molecule has 0 saturated heterocycles. The molecule has 3 rings (SSSR count). The quantitative estimate of drug-likeness (QED) is 0.630. The summed E-state index contributed by atoms with van der Waals surface area (Å²) in [4.78, 5) is 25.7. The molecule has 0 radical (unpaired) electrons. The van der Waals surface area contributed by atoms with E-state index in [2.05, 4.69) is 20.4 Å². The Balaban J connectivity index is 1.68. The van der Waals surface area contributed by atoms with Gasteiger partial charge in [0.15, 0.2) is 0 Å². The van der Waals surface area contributed by atoms with Crippen LogP contribution in [-0.2, 0) is 4.84 Å². The summed E-state index contributed by atoms with van der Waals surface area (Å²) in [6, 6.07) is 3.51. The largest absolute Gasteiger partial charge is 0.392 e. The van der Waals surface area contributed by atoms with E-state index in [1.54, 1.807) is 12.3 Å². The van der Waals surface area contributed by atoms with Crippen molar-refractivity contribution in [2.45, 2.75) is 45.6 Å². The third-order valence-corrected chi connectivity index (χ3v) is 4.44. The van der Waals surface area contributed by atoms with Crippen molar-refractivity contribution in [1.82, 2.24) is 9.97 Å². The van der Waals surface area contributed by atoms with Crippen LogP contribution in [0.5, 0.6) is 0 Å². The minimum atomic E-state index is -0.517. The molecule has 1 saturated carbocycles. The van der Waals surface area contributed by atoms with Crippen LogP contribution < -0.4 is 5.32 Å². The van der Waals surface area contributed by atoms with Crippen LogP contribution in [0.25, 0.3) is 0 Å². The summed E-state index contributed by atoms with van der Waals surface area (Å²) in [7, 11) is 0. The summed E-state index contributed by atoms with van der Waals surface area (Å²) in [5, 5.41) is 6.88. The van der Waals surface area contributed by atoms with E-state index in [4.69, 9.17) is 4.84 Å². The first-order valence-corrected chi connectivity index (χ1v) is 8.69. The maximum Gasteiger partial charge on any atom is 0.258 e. The number of pyridine rings is 2. The maximum absolute atomic E-state index is 13.5. The van der Waals surface area contributed by atoms with Crippen LogP contribution in [0.2, 0.25) is 0 Å². The lowest BCUT2D eigenvalue weighted by Gasteiger charge is -2.23. The number of hydrogen-bond acceptors (Lipinski definition) is 5. The molecule has 0 spiro atoms. The highest BCUT2D eigenvalue weighted by Crippen LogP contribution is 2.22. The smallest absolute Gasteiger partial charge is 0.258 e. The molecule has 2 aromatic rings. The van der Waals surface area contributed by atoms with E-state index >= 15 is 0 Å². The zero-order valence-corrected chi connectivity index (χ0v) is 14.8. The Kier molecular flexibility index (Phi) is 5.55. The molecule has 1 fully saturated rings. The summed E-state index contributed by atoms with van der Waals surface area (Å²) >= 11 is 0. The number of carbonyl (C=O) groups excluding carboxylic acids is 1. The van der Waals surface area contributed by atoms with Gasteiger partial charge in [0.2, 0.25) is 0 Å². The number of nitrogens with one attached hydrogen (secondary N) is 1. The lowest BCUT2D eigenvalue weighted by Crippen LogP contribution is -2.20. The van der Waals surface area contributed by atoms with Crippen LogP contribution in [0.4, 0.5) is 10.2 Å². The highest BCUT2D eigenvalue weighted by atomic mass is 19.1. The average molecular weight is 356 g/mol. The second-order valence-corrected chi connectivity index (χ2v) is 6.23. The van der Waals surface area contributed by atoms with Crippen LogP contribution in [0.1, 0.15) is 54.1 Å². The van der Waals surface area contributed by atoms with E-state index in [0.717, 1.165) is 30.3 Å². The van der Waals surface area contributed by atoms with Gasteiger partial charge >= 0.3 is 0 Å². The fourth-order valence-corrected chi connectivity index (χ4v) is 2.49. The van der Waals surface area contributed by atoms with Crippen molar-refractivity contribution < 1.29 is 14.0 Å². The number of hydrogen-bond donors (Lipinski definition) is 1. The highest BCUT2D eigenvalue weighted by molar-refractivity contribution is 6.05. The summed E-state index contributed by atoms with van der Waals surface area (Å²) < 4.78 is 13.5. The third-order valence-electron chi connectivity index (χ3n) is 4.44. The SMILES string of the molecule is CCC(=NOC1CCC1)c1ccc(NC(=O)c2cncc(F)c2C)nc1. The van der Waals surface area contributed by atoms with E-state index in [0.29, 0.717) is 12.2 Å². The molecule has 1 amide bonds. The second-order valence-electron chi connectivity index (χ2n) is 6.23. The Morgan fingerprint density at radius 3 is 2.77 bits per heavy atom. The molecule has 0 unspecified atom stereocenters. The molecule has 1 N–H and O–H groups in total. The van der Waals surface area contributed by atoms with E-state index in [1.807, 2.05) is 13.0 Å². The van der Waals surface area contributed by atoms with Gasteiger partial charge in [-0.1, -0.05) is 12.1 Å². The minimum absolute atomic E-state index is 0.181. The molecular weight excluding hydrogens is 335 g/mol. The van der Waals surface area contributed by atoms with Crippen LogP contribution in [0.15, 0.2) is 35.9 Å². The fourth-order valence-electron chi connectivity index (χ4n) is 2.49. The van der Waals surface area contributed by atoms with Crippen LogP contribution in [0.3, 0.4) is 0 Å². The Labute approximate surface area is 151 Å². The predicted molar refractivity (Wildman–Crippen MR) is 96.7 cm³/mol. The number of carbonyl (C=O) groups is 1. The zero-order chi connectivity index (χ0) is 18.5. The molecular formula is C19H21FN4O2. The maximum atomic E-state index is 13.5. The zero-order valence-electron chi connectivity index (χ0n) is 14.8. The van der Waals surface area contributed by atoms with Gasteiger partial charge in [0.25, 0.3) is 5.91 Å². The molecule has 1 aliphatic carbocycles. The molecule has 0 aliphatic heterocycles. The Morgan fingerprint density at radius 1 is 1.35 bits per heavy atom. The first-order valence-electron chi connectivity index (χ1n) is 8.69. The van der Waals surface area contributed by atoms with E-state index in [-0.39, 0.29) is 17.2 Å². The molecule has 6 nitrogen and oxygen atoms in total. The molecule has 0 aromatic carbocycles. The van der Waals surface area contributed by atoms with Gasteiger partial charge in [-0.25, -0.2) is 9.37 Å². The predicted octanol–water partition coefficient (Wildman–Crippen LogP) is 3.86. The second kappa shape index (κ2) is 8.03. The third kappa shape index (κ3) is 4.04. The number of nitrogens with zero attached hydrogens (tertiary/aromatic N) is 3. The highest BCUT2D eigenvalue weighted by Gasteiger charge is 2.19. The summed E-state index contributed by atoms with van der Waals surface area (Å²) in [6.45, 7) is 3.53. The first-order chi connectivity index (χ1) is 12.6. The standard InChI is InChI=1S/C19H21FN4O2/c1-3-17(24-26-14-5-4-6-14)13-7-8-18(22-9-13)23-19(25)15-10-21-11-16(20)12(15)2/h7-11,14H,3-6H2,1-2H3,(H,22,23,25). The van der Waals surface area contributed by atoms with Gasteiger partial charge in [0.05, 0.1) is 17.5 Å². The number of rotatable bonds is 6. The van der Waals surface area contributed by atoms with Crippen molar-refractivity contribution in [1.29, 1.82) is 0 Å². The molecule has 26 heavy (non-hydrogen) atoms. The van der Waals surface area contributed by atoms with Crippen LogP contribution in [-0.4, -0.2) is 27.7 Å². The molecule has 0 atom stereocenters. The molecule has 2 heterocycles. The van der Waals surface area contributed by atoms with E-state index < -0.39 is 11.7 Å². The van der Waals surface area contributed by atoms with E-state index in [9.17, 15) is 9.18 Å². The van der Waals surface area contributed by atoms with Crippen molar-refractivity contribution in [2.75, 3.05) is 5.32 Å². The van der Waals surface area contributed by atoms with Gasteiger partial charge in [0.1, 0.15) is 17.7 Å². The molecule has 0 bridgehead atoms. The van der Waals surface area contributed by atoms with Gasteiger partial charge in [-0.05, 0) is 44.7 Å². The minimum Gasteiger partial charge on any atom is -0.392 e. The molecule has 136 valence electrons. The van der Waals surface area contributed by atoms with Gasteiger partial charge in [0, 0.05) is 23.5 Å². The van der Waals surface area contributed by atoms with Crippen molar-refractivity contribution in [3.8, 4) is 0 Å². The van der Waals surface area contributed by atoms with Crippen LogP contribution >= 0.6 is 0 Å². The fraction of sp³-hybridized carbons (Fsp3) is 0.368. The van der Waals surface area contributed by atoms with Gasteiger partial charge in [-0.15, -0.1) is 0 Å². The normalized spacial score (nSPS) is 14.7. The summed E-state index contributed by atoms with van der Waals surface area (Å²) in [6.07, 6.45) is 8.30. The number of oxime groups is 1. The number of aromatic nitrogens is 2. The Hall–Kier alpha value is -2.83. The molecule has 2 aromatic heterocycles. The van der Waals surface area contributed by atoms with Crippen molar-refractivity contribution in [2.24, 2.45) is 5.16 Å². The van der Waals surface area contributed by atoms with Gasteiger partial charge in [-0.2, -0.15) is 0 Å². The van der Waals surface area contributed by atoms with Crippen molar-refractivity contribution >= 4 is 17.4 Å². The molecule has 7 heteroatoms. The lowest BCUT2D eigenvalue weighted by atomic mass is 9.97. The summed E-state index contributed by atoms with van der Waals surface area (Å²) in [5.41, 5.74) is 2.09. The van der Waals surface area contributed by atoms with Gasteiger partial charge in [-0.3, -0.25) is 9.78 Å². The average Bonchev–Trinajstić information content (AvgIpc) is 2.60. The van der Waals surface area contributed by atoms with Gasteiger partial charge < -0.3 is 10.2 Å². The van der Waals surface area contributed by atoms with Crippen molar-refractivity contribution in [3.05, 3.63) is 53.2 Å². The molecule has 1 aliphatic rings. The lowest BCUT2D eigenvalue weighted by molar-refractivity contribution is 0.00585. The number of halogens is 1. The topological polar surface area (TPSA) is 76.5 Å². The van der Waals surface area contributed by atoms with E-state index in [1.165, 1.54) is 19.5 Å². The summed E-state index contributed by atoms with van der Waals surface area (Å²) in [5.74, 6) is -0.596. The Bertz CT molecular complexity index is 817. The first kappa shape index (κ1) is 18.0. The monoisotopic (exact) mass is 356 g/mol.